The van der Waals surface area contributed by atoms with E-state index in [4.69, 9.17) is 11.6 Å². The maximum atomic E-state index is 12.3. The van der Waals surface area contributed by atoms with Gasteiger partial charge in [0.25, 0.3) is 5.56 Å². The minimum atomic E-state index is -0.428. The second kappa shape index (κ2) is 8.28. The molecule has 30 heavy (non-hydrogen) atoms. The van der Waals surface area contributed by atoms with Crippen LogP contribution in [0, 0.1) is 6.92 Å². The van der Waals surface area contributed by atoms with E-state index >= 15 is 0 Å². The number of rotatable bonds is 4. The van der Waals surface area contributed by atoms with Crippen LogP contribution in [0.25, 0.3) is 11.1 Å². The molecule has 5 nitrogen and oxygen atoms in total. The molecule has 1 N–H and O–H groups in total. The van der Waals surface area contributed by atoms with Gasteiger partial charge >= 0.3 is 0 Å². The highest BCUT2D eigenvalue weighted by Gasteiger charge is 2.30. The topological polar surface area (TPSA) is 68.2 Å². The molecule has 0 saturated carbocycles. The molecule has 1 saturated heterocycles. The zero-order valence-electron chi connectivity index (χ0n) is 16.5. The molecular weight excluding hydrogens is 400 g/mol. The number of hydrogen-bond donors (Lipinski definition) is 1. The van der Waals surface area contributed by atoms with Crippen LogP contribution in [0.3, 0.4) is 0 Å². The molecule has 1 aliphatic heterocycles. The lowest BCUT2D eigenvalue weighted by atomic mass is 9.88. The first-order valence-electron chi connectivity index (χ1n) is 9.82. The van der Waals surface area contributed by atoms with Crippen LogP contribution < -0.4 is 10.9 Å². The summed E-state index contributed by atoms with van der Waals surface area (Å²) in [5.41, 5.74) is 4.38. The van der Waals surface area contributed by atoms with E-state index in [-0.39, 0.29) is 17.4 Å². The van der Waals surface area contributed by atoms with Crippen LogP contribution in [0.15, 0.2) is 65.5 Å². The predicted octanol–water partition coefficient (Wildman–Crippen LogP) is 4.05. The highest BCUT2D eigenvalue weighted by molar-refractivity contribution is 6.34. The molecule has 3 aromatic rings. The van der Waals surface area contributed by atoms with E-state index in [1.165, 1.54) is 0 Å². The van der Waals surface area contributed by atoms with Crippen LogP contribution in [0.1, 0.15) is 35.6 Å². The number of piperidine rings is 1. The molecule has 1 unspecified atom stereocenters. The summed E-state index contributed by atoms with van der Waals surface area (Å²) in [4.78, 5) is 35.8. The molecule has 6 heteroatoms. The normalized spacial score (nSPS) is 16.4. The molecule has 4 rings (SSSR count). The number of pyridine rings is 1. The van der Waals surface area contributed by atoms with E-state index in [0.717, 1.165) is 27.9 Å². The predicted molar refractivity (Wildman–Crippen MR) is 117 cm³/mol. The SMILES string of the molecule is Cc1cccc(=O)n1Cc1ccc(-c2cccc(C3CCC(=O)NC3=O)c2Cl)cc1. The van der Waals surface area contributed by atoms with Gasteiger partial charge in [-0.3, -0.25) is 19.7 Å². The zero-order chi connectivity index (χ0) is 21.3. The smallest absolute Gasteiger partial charge is 0.251 e. The van der Waals surface area contributed by atoms with Gasteiger partial charge in [-0.05, 0) is 36.1 Å². The van der Waals surface area contributed by atoms with Gasteiger partial charge in [0.15, 0.2) is 0 Å². The number of nitrogens with zero attached hydrogens (tertiary/aromatic N) is 1. The minimum absolute atomic E-state index is 0.0286. The van der Waals surface area contributed by atoms with Crippen LogP contribution in [0.5, 0.6) is 0 Å². The van der Waals surface area contributed by atoms with E-state index < -0.39 is 5.92 Å². The molecule has 1 aromatic heterocycles. The van der Waals surface area contributed by atoms with Crippen molar-refractivity contribution in [2.75, 3.05) is 0 Å². The van der Waals surface area contributed by atoms with E-state index in [1.807, 2.05) is 55.5 Å². The van der Waals surface area contributed by atoms with Gasteiger partial charge in [-0.1, -0.05) is 60.1 Å². The number of aryl methyl sites for hydroxylation is 1. The maximum absolute atomic E-state index is 12.3. The third kappa shape index (κ3) is 3.94. The van der Waals surface area contributed by atoms with Gasteiger partial charge < -0.3 is 4.57 Å². The van der Waals surface area contributed by atoms with Gasteiger partial charge in [0.1, 0.15) is 0 Å². The molecule has 1 aliphatic rings. The summed E-state index contributed by atoms with van der Waals surface area (Å²) >= 11 is 6.68. The summed E-state index contributed by atoms with van der Waals surface area (Å²) in [5, 5.41) is 2.91. The second-order valence-electron chi connectivity index (χ2n) is 7.50. The number of carbonyl (C=O) groups excluding carboxylic acids is 2. The van der Waals surface area contributed by atoms with Crippen LogP contribution in [0.2, 0.25) is 5.02 Å². The average molecular weight is 421 g/mol. The largest absolute Gasteiger partial charge is 0.309 e. The number of nitrogens with one attached hydrogen (secondary N) is 1. The molecule has 2 amide bonds. The first kappa shape index (κ1) is 20.1. The standard InChI is InChI=1S/C24H21ClN2O3/c1-15-4-2-7-22(29)27(15)14-16-8-10-17(11-9-16)18-5-3-6-19(23(18)25)20-12-13-21(28)26-24(20)30/h2-11,20H,12-14H2,1H3,(H,26,28,30). The number of aromatic nitrogens is 1. The fourth-order valence-corrected chi connectivity index (χ4v) is 4.20. The van der Waals surface area contributed by atoms with Gasteiger partial charge in [-0.2, -0.15) is 0 Å². The monoisotopic (exact) mass is 420 g/mol. The highest BCUT2D eigenvalue weighted by atomic mass is 35.5. The van der Waals surface area contributed by atoms with E-state index in [1.54, 1.807) is 16.7 Å². The molecule has 2 heterocycles. The first-order valence-corrected chi connectivity index (χ1v) is 10.2. The number of carbonyl (C=O) groups is 2. The molecule has 1 fully saturated rings. The molecule has 1 atom stereocenters. The lowest BCUT2D eigenvalue weighted by Gasteiger charge is -2.23. The van der Waals surface area contributed by atoms with Crippen molar-refractivity contribution >= 4 is 23.4 Å². The number of benzene rings is 2. The van der Waals surface area contributed by atoms with Crippen molar-refractivity contribution in [3.63, 3.8) is 0 Å². The van der Waals surface area contributed by atoms with Crippen molar-refractivity contribution in [1.82, 2.24) is 9.88 Å². The summed E-state index contributed by atoms with van der Waals surface area (Å²) in [7, 11) is 0. The van der Waals surface area contributed by atoms with Crippen LogP contribution >= 0.6 is 11.6 Å². The third-order valence-corrected chi connectivity index (χ3v) is 5.94. The quantitative estimate of drug-likeness (QED) is 0.647. The number of amides is 2. The van der Waals surface area contributed by atoms with Crippen LogP contribution in [0.4, 0.5) is 0 Å². The summed E-state index contributed by atoms with van der Waals surface area (Å²) in [6.45, 7) is 2.41. The Bertz CT molecular complexity index is 1180. The Kier molecular flexibility index (Phi) is 5.55. The van der Waals surface area contributed by atoms with Gasteiger partial charge in [-0.15, -0.1) is 0 Å². The molecule has 0 radical (unpaired) electrons. The number of hydrogen-bond acceptors (Lipinski definition) is 3. The number of halogens is 1. The molecule has 0 aliphatic carbocycles. The van der Waals surface area contributed by atoms with Crippen molar-refractivity contribution in [3.05, 3.63) is 92.9 Å². The highest BCUT2D eigenvalue weighted by Crippen LogP contribution is 2.37. The molecular formula is C24H21ClN2O3. The maximum Gasteiger partial charge on any atom is 0.251 e. The fraction of sp³-hybridized carbons (Fsp3) is 0.208. The Morgan fingerprint density at radius 3 is 2.43 bits per heavy atom. The Hall–Kier alpha value is -3.18. The van der Waals surface area contributed by atoms with Crippen molar-refractivity contribution < 1.29 is 9.59 Å². The van der Waals surface area contributed by atoms with E-state index in [2.05, 4.69) is 5.32 Å². The van der Waals surface area contributed by atoms with Crippen LogP contribution in [-0.4, -0.2) is 16.4 Å². The van der Waals surface area contributed by atoms with Gasteiger partial charge in [0.05, 0.1) is 17.5 Å². The van der Waals surface area contributed by atoms with Crippen LogP contribution in [-0.2, 0) is 16.1 Å². The van der Waals surface area contributed by atoms with Crippen molar-refractivity contribution in [2.45, 2.75) is 32.2 Å². The fourth-order valence-electron chi connectivity index (χ4n) is 3.83. The first-order chi connectivity index (χ1) is 14.4. The zero-order valence-corrected chi connectivity index (χ0v) is 17.3. The summed E-state index contributed by atoms with van der Waals surface area (Å²) in [6.07, 6.45) is 0.766. The van der Waals surface area contributed by atoms with Crippen molar-refractivity contribution in [3.8, 4) is 11.1 Å². The average Bonchev–Trinajstić information content (AvgIpc) is 2.72. The summed E-state index contributed by atoms with van der Waals surface area (Å²) < 4.78 is 1.73. The Morgan fingerprint density at radius 1 is 1.00 bits per heavy atom. The van der Waals surface area contributed by atoms with Gasteiger partial charge in [-0.25, -0.2) is 0 Å². The Morgan fingerprint density at radius 2 is 1.73 bits per heavy atom. The molecule has 2 aromatic carbocycles. The summed E-state index contributed by atoms with van der Waals surface area (Å²) in [6, 6.07) is 18.7. The Balaban J connectivity index is 1.61. The lowest BCUT2D eigenvalue weighted by Crippen LogP contribution is -2.39. The molecule has 152 valence electrons. The second-order valence-corrected chi connectivity index (χ2v) is 7.88. The third-order valence-electron chi connectivity index (χ3n) is 5.52. The van der Waals surface area contributed by atoms with Gasteiger partial charge in [0, 0.05) is 23.7 Å². The lowest BCUT2D eigenvalue weighted by molar-refractivity contribution is -0.134. The van der Waals surface area contributed by atoms with Gasteiger partial charge in [0.2, 0.25) is 11.8 Å². The van der Waals surface area contributed by atoms with E-state index in [9.17, 15) is 14.4 Å². The van der Waals surface area contributed by atoms with E-state index in [0.29, 0.717) is 24.4 Å². The van der Waals surface area contributed by atoms with Crippen molar-refractivity contribution in [1.29, 1.82) is 0 Å². The minimum Gasteiger partial charge on any atom is -0.309 e. The Labute approximate surface area is 179 Å². The number of imide groups is 1. The summed E-state index contributed by atoms with van der Waals surface area (Å²) in [5.74, 6) is -0.974. The molecule has 0 spiro atoms. The van der Waals surface area contributed by atoms with Crippen molar-refractivity contribution in [2.24, 2.45) is 0 Å². The molecule has 0 bridgehead atoms.